The van der Waals surface area contributed by atoms with Crippen molar-refractivity contribution in [3.63, 3.8) is 0 Å². The van der Waals surface area contributed by atoms with Gasteiger partial charge in [0.2, 0.25) is 5.91 Å². The molecular formula is C33H34N4O3. The number of carbonyl (C=O) groups is 2. The molecule has 40 heavy (non-hydrogen) atoms. The van der Waals surface area contributed by atoms with Crippen molar-refractivity contribution < 1.29 is 14.0 Å². The Morgan fingerprint density at radius 3 is 2.20 bits per heavy atom. The van der Waals surface area contributed by atoms with E-state index in [1.165, 1.54) is 12.0 Å². The van der Waals surface area contributed by atoms with Gasteiger partial charge in [0.05, 0.1) is 18.8 Å². The summed E-state index contributed by atoms with van der Waals surface area (Å²) in [5, 5.41) is 0. The predicted octanol–water partition coefficient (Wildman–Crippen LogP) is 5.62. The Bertz CT molecular complexity index is 1430. The standard InChI is InChI=1S/C33H34N4O3/c1-25-23-30(28-15-8-9-16-29(28)36(25)33(39)31-17-10-22-40-31)37(27-13-6-3-7-14-27)32(38)24-34-18-20-35(21-19-34)26-11-4-2-5-12-26/h2-17,22,25,30H,18-21,23-24H2,1H3/t25-,30-/m0/s1. The van der Waals surface area contributed by atoms with Gasteiger partial charge < -0.3 is 19.1 Å². The smallest absolute Gasteiger partial charge is 0.294 e. The average Bonchev–Trinajstić information content (AvgIpc) is 3.54. The summed E-state index contributed by atoms with van der Waals surface area (Å²) in [5.74, 6) is 0.209. The lowest BCUT2D eigenvalue weighted by Gasteiger charge is -2.44. The minimum atomic E-state index is -0.202. The van der Waals surface area contributed by atoms with Crippen LogP contribution < -0.4 is 14.7 Å². The van der Waals surface area contributed by atoms with Gasteiger partial charge in [-0.1, -0.05) is 54.6 Å². The number of para-hydroxylation sites is 3. The first-order valence-electron chi connectivity index (χ1n) is 14.0. The second-order valence-electron chi connectivity index (χ2n) is 10.5. The highest BCUT2D eigenvalue weighted by molar-refractivity contribution is 6.06. The molecule has 1 fully saturated rings. The van der Waals surface area contributed by atoms with Gasteiger partial charge in [0, 0.05) is 49.3 Å². The molecule has 2 amide bonds. The normalized spacial score (nSPS) is 19.2. The molecule has 3 heterocycles. The summed E-state index contributed by atoms with van der Waals surface area (Å²) in [6.45, 7) is 5.81. The number of piperazine rings is 1. The summed E-state index contributed by atoms with van der Waals surface area (Å²) in [6, 6.07) is 31.4. The molecule has 0 aliphatic carbocycles. The third kappa shape index (κ3) is 5.12. The minimum absolute atomic E-state index is 0.0668. The first-order valence-corrected chi connectivity index (χ1v) is 14.0. The fourth-order valence-corrected chi connectivity index (χ4v) is 6.01. The summed E-state index contributed by atoms with van der Waals surface area (Å²) < 4.78 is 5.45. The number of rotatable bonds is 6. The van der Waals surface area contributed by atoms with Crippen LogP contribution in [0.3, 0.4) is 0 Å². The van der Waals surface area contributed by atoms with Gasteiger partial charge in [-0.15, -0.1) is 0 Å². The van der Waals surface area contributed by atoms with Gasteiger partial charge >= 0.3 is 0 Å². The lowest BCUT2D eigenvalue weighted by Crippen LogP contribution is -2.52. The number of hydrogen-bond donors (Lipinski definition) is 0. The quantitative estimate of drug-likeness (QED) is 0.322. The molecule has 1 saturated heterocycles. The molecule has 7 nitrogen and oxygen atoms in total. The van der Waals surface area contributed by atoms with Crippen LogP contribution in [0.25, 0.3) is 0 Å². The van der Waals surface area contributed by atoms with E-state index in [4.69, 9.17) is 4.42 Å². The Hall–Kier alpha value is -4.36. The summed E-state index contributed by atoms with van der Waals surface area (Å²) in [4.78, 5) is 36.0. The monoisotopic (exact) mass is 534 g/mol. The molecule has 0 spiro atoms. The molecular weight excluding hydrogens is 500 g/mol. The maximum absolute atomic E-state index is 14.2. The fraction of sp³-hybridized carbons (Fsp3) is 0.273. The van der Waals surface area contributed by atoms with Crippen molar-refractivity contribution >= 4 is 28.9 Å². The molecule has 4 aromatic rings. The van der Waals surface area contributed by atoms with Crippen molar-refractivity contribution in [3.8, 4) is 0 Å². The van der Waals surface area contributed by atoms with Gasteiger partial charge in [0.1, 0.15) is 0 Å². The Kier molecular flexibility index (Phi) is 7.38. The summed E-state index contributed by atoms with van der Waals surface area (Å²) >= 11 is 0. The van der Waals surface area contributed by atoms with Crippen LogP contribution in [0.5, 0.6) is 0 Å². The van der Waals surface area contributed by atoms with Crippen LogP contribution in [0.4, 0.5) is 17.1 Å². The van der Waals surface area contributed by atoms with Crippen molar-refractivity contribution in [2.24, 2.45) is 0 Å². The van der Waals surface area contributed by atoms with Crippen LogP contribution in [0, 0.1) is 0 Å². The van der Waals surface area contributed by atoms with Crippen LogP contribution >= 0.6 is 0 Å². The van der Waals surface area contributed by atoms with Gasteiger partial charge in [-0.05, 0) is 61.4 Å². The van der Waals surface area contributed by atoms with Crippen molar-refractivity contribution in [1.82, 2.24) is 4.90 Å². The number of fused-ring (bicyclic) bond motifs is 1. The van der Waals surface area contributed by atoms with E-state index in [9.17, 15) is 9.59 Å². The van der Waals surface area contributed by atoms with E-state index in [2.05, 4.69) is 34.1 Å². The zero-order chi connectivity index (χ0) is 27.5. The van der Waals surface area contributed by atoms with E-state index >= 15 is 0 Å². The van der Waals surface area contributed by atoms with Gasteiger partial charge in [-0.25, -0.2) is 0 Å². The molecule has 2 aliphatic rings. The minimum Gasteiger partial charge on any atom is -0.459 e. The summed E-state index contributed by atoms with van der Waals surface area (Å²) in [7, 11) is 0. The SMILES string of the molecule is C[C@H]1C[C@H](N(C(=O)CN2CCN(c3ccccc3)CC2)c2ccccc2)c2ccccc2N1C(=O)c1ccco1. The van der Waals surface area contributed by atoms with E-state index in [1.807, 2.05) is 72.5 Å². The molecule has 0 bridgehead atoms. The molecule has 1 aromatic heterocycles. The number of furan rings is 1. The second-order valence-corrected chi connectivity index (χ2v) is 10.5. The Morgan fingerprint density at radius 1 is 0.825 bits per heavy atom. The van der Waals surface area contributed by atoms with Crippen molar-refractivity contribution in [2.75, 3.05) is 47.4 Å². The van der Waals surface area contributed by atoms with E-state index < -0.39 is 0 Å². The molecule has 3 aromatic carbocycles. The summed E-state index contributed by atoms with van der Waals surface area (Å²) in [6.07, 6.45) is 2.14. The van der Waals surface area contributed by atoms with Crippen molar-refractivity contribution in [3.05, 3.63) is 115 Å². The number of anilines is 3. The van der Waals surface area contributed by atoms with Gasteiger partial charge in [0.15, 0.2) is 5.76 Å². The van der Waals surface area contributed by atoms with Gasteiger partial charge in [0.25, 0.3) is 5.91 Å². The van der Waals surface area contributed by atoms with E-state index in [0.717, 1.165) is 43.1 Å². The molecule has 0 unspecified atom stereocenters. The molecule has 6 rings (SSSR count). The van der Waals surface area contributed by atoms with E-state index in [0.29, 0.717) is 18.7 Å². The number of nitrogens with zero attached hydrogens (tertiary/aromatic N) is 4. The third-order valence-corrected chi connectivity index (χ3v) is 7.98. The largest absolute Gasteiger partial charge is 0.459 e. The number of carbonyl (C=O) groups excluding carboxylic acids is 2. The van der Waals surface area contributed by atoms with Crippen LogP contribution in [-0.4, -0.2) is 55.5 Å². The van der Waals surface area contributed by atoms with Crippen molar-refractivity contribution in [1.29, 1.82) is 0 Å². The lowest BCUT2D eigenvalue weighted by molar-refractivity contribution is -0.120. The highest BCUT2D eigenvalue weighted by Gasteiger charge is 2.39. The van der Waals surface area contributed by atoms with E-state index in [-0.39, 0.29) is 23.9 Å². The number of hydrogen-bond acceptors (Lipinski definition) is 5. The number of benzene rings is 3. The van der Waals surface area contributed by atoms with Gasteiger partial charge in [-0.2, -0.15) is 0 Å². The lowest BCUT2D eigenvalue weighted by atomic mass is 9.89. The molecule has 204 valence electrons. The highest BCUT2D eigenvalue weighted by atomic mass is 16.3. The van der Waals surface area contributed by atoms with Crippen molar-refractivity contribution in [2.45, 2.75) is 25.4 Å². The van der Waals surface area contributed by atoms with E-state index in [1.54, 1.807) is 17.0 Å². The molecule has 0 saturated carbocycles. The second kappa shape index (κ2) is 11.4. The predicted molar refractivity (Wildman–Crippen MR) is 158 cm³/mol. The zero-order valence-corrected chi connectivity index (χ0v) is 22.7. The first kappa shape index (κ1) is 25.9. The third-order valence-electron chi connectivity index (χ3n) is 7.98. The first-order chi connectivity index (χ1) is 19.6. The molecule has 2 atom stereocenters. The molecule has 7 heteroatoms. The van der Waals surface area contributed by atoms with Crippen LogP contribution in [0.15, 0.2) is 108 Å². The molecule has 0 radical (unpaired) electrons. The fourth-order valence-electron chi connectivity index (χ4n) is 6.01. The Labute approximate surface area is 235 Å². The maximum Gasteiger partial charge on any atom is 0.294 e. The Balaban J connectivity index is 1.26. The average molecular weight is 535 g/mol. The highest BCUT2D eigenvalue weighted by Crippen LogP contribution is 2.42. The number of amides is 2. The van der Waals surface area contributed by atoms with Gasteiger partial charge in [-0.3, -0.25) is 14.5 Å². The maximum atomic E-state index is 14.2. The van der Waals surface area contributed by atoms with Crippen LogP contribution in [-0.2, 0) is 4.79 Å². The molecule has 2 aliphatic heterocycles. The van der Waals surface area contributed by atoms with Crippen LogP contribution in [0.2, 0.25) is 0 Å². The molecule has 0 N–H and O–H groups in total. The Morgan fingerprint density at radius 2 is 1.50 bits per heavy atom. The summed E-state index contributed by atoms with van der Waals surface area (Å²) in [5.41, 5.74) is 3.87. The zero-order valence-electron chi connectivity index (χ0n) is 22.7. The topological polar surface area (TPSA) is 60.2 Å². The van der Waals surface area contributed by atoms with Crippen LogP contribution in [0.1, 0.15) is 35.5 Å².